The Morgan fingerprint density at radius 3 is 2.89 bits per heavy atom. The van der Waals surface area contributed by atoms with Crippen LogP contribution in [0.15, 0.2) is 37.1 Å². The van der Waals surface area contributed by atoms with Gasteiger partial charge >= 0.3 is 0 Å². The molecule has 3 atom stereocenters. The van der Waals surface area contributed by atoms with Gasteiger partial charge in [-0.15, -0.1) is 0 Å². The van der Waals surface area contributed by atoms with Gasteiger partial charge in [-0.1, -0.05) is 24.1 Å². The number of amides is 1. The van der Waals surface area contributed by atoms with Gasteiger partial charge < -0.3 is 20.9 Å². The number of aromatic nitrogens is 3. The van der Waals surface area contributed by atoms with Crippen molar-refractivity contribution in [1.29, 1.82) is 0 Å². The van der Waals surface area contributed by atoms with Crippen LogP contribution in [0, 0.1) is 18.8 Å². The minimum atomic E-state index is -0.828. The zero-order chi connectivity index (χ0) is 26.0. The summed E-state index contributed by atoms with van der Waals surface area (Å²) in [4.78, 5) is 18.8. The maximum atomic E-state index is 12.4. The highest BCUT2D eigenvalue weighted by Crippen LogP contribution is 2.33. The van der Waals surface area contributed by atoms with Crippen molar-refractivity contribution in [3.05, 3.63) is 64.5 Å². The smallest absolute Gasteiger partial charge is 0.255 e. The minimum absolute atomic E-state index is 0.0546. The standard InChI is InChI=1S/C26H29ClN6O3/c1-5-23(34)32-13-18(11-19(32)14-36-4)33-26(29-3)24(25(28)35)21(31-33)7-6-16-10-22-17(9-20(16)27)8-15(2)12-30-22/h5,8-10,12,18-19,23,29,34H,1,11,13-14H2,2-4H3,(H2,28,35)/t18-,19+,23?/m0/s1. The highest BCUT2D eigenvalue weighted by Gasteiger charge is 2.38. The number of methoxy groups -OCH3 is 1. The fourth-order valence-corrected chi connectivity index (χ4v) is 4.87. The second kappa shape index (κ2) is 10.7. The molecule has 9 nitrogen and oxygen atoms in total. The first-order valence-corrected chi connectivity index (χ1v) is 11.9. The summed E-state index contributed by atoms with van der Waals surface area (Å²) in [5.41, 5.74) is 8.55. The first kappa shape index (κ1) is 25.7. The molecule has 1 unspecified atom stereocenters. The molecule has 1 aromatic carbocycles. The van der Waals surface area contributed by atoms with Crippen LogP contribution in [-0.4, -0.2) is 70.3 Å². The predicted molar refractivity (Wildman–Crippen MR) is 140 cm³/mol. The van der Waals surface area contributed by atoms with Crippen molar-refractivity contribution in [2.45, 2.75) is 31.7 Å². The van der Waals surface area contributed by atoms with E-state index in [1.807, 2.05) is 30.0 Å². The first-order valence-electron chi connectivity index (χ1n) is 11.5. The average molecular weight is 509 g/mol. The predicted octanol–water partition coefficient (Wildman–Crippen LogP) is 2.70. The summed E-state index contributed by atoms with van der Waals surface area (Å²) in [7, 11) is 3.31. The number of primary amides is 1. The maximum Gasteiger partial charge on any atom is 0.255 e. The van der Waals surface area contributed by atoms with Gasteiger partial charge in [0.15, 0.2) is 5.69 Å². The van der Waals surface area contributed by atoms with Gasteiger partial charge in [0.05, 0.1) is 23.2 Å². The largest absolute Gasteiger partial charge is 0.383 e. The van der Waals surface area contributed by atoms with Crippen LogP contribution < -0.4 is 11.1 Å². The van der Waals surface area contributed by atoms with Crippen LogP contribution in [0.25, 0.3) is 10.9 Å². The van der Waals surface area contributed by atoms with Crippen LogP contribution in [0.5, 0.6) is 0 Å². The van der Waals surface area contributed by atoms with Crippen LogP contribution >= 0.6 is 11.6 Å². The van der Waals surface area contributed by atoms with E-state index in [9.17, 15) is 9.90 Å². The molecule has 188 valence electrons. The lowest BCUT2D eigenvalue weighted by molar-refractivity contribution is 0.00605. The lowest BCUT2D eigenvalue weighted by atomic mass is 10.1. The van der Waals surface area contributed by atoms with Gasteiger partial charge in [0.25, 0.3) is 5.91 Å². The number of halogens is 1. The molecular formula is C26H29ClN6O3. The number of carbonyl (C=O) groups excluding carboxylic acids is 1. The van der Waals surface area contributed by atoms with E-state index >= 15 is 0 Å². The molecule has 1 aliphatic heterocycles. The molecule has 36 heavy (non-hydrogen) atoms. The van der Waals surface area contributed by atoms with Crippen molar-refractivity contribution < 1.29 is 14.6 Å². The molecule has 0 aliphatic carbocycles. The summed E-state index contributed by atoms with van der Waals surface area (Å²) in [5.74, 6) is 5.84. The number of nitrogens with one attached hydrogen (secondary N) is 1. The van der Waals surface area contributed by atoms with Crippen molar-refractivity contribution in [3.8, 4) is 11.8 Å². The lowest BCUT2D eigenvalue weighted by Gasteiger charge is -2.26. The van der Waals surface area contributed by atoms with Crippen LogP contribution in [0.3, 0.4) is 0 Å². The summed E-state index contributed by atoms with van der Waals surface area (Å²) >= 11 is 6.49. The van der Waals surface area contributed by atoms with Gasteiger partial charge in [-0.25, -0.2) is 4.68 Å². The maximum absolute atomic E-state index is 12.4. The number of fused-ring (bicyclic) bond motifs is 1. The number of ether oxygens (including phenoxy) is 1. The topological polar surface area (TPSA) is 119 Å². The molecule has 0 spiro atoms. The summed E-state index contributed by atoms with van der Waals surface area (Å²) in [6.45, 7) is 6.57. The number of likely N-dealkylation sites (tertiary alicyclic amines) is 1. The molecule has 10 heteroatoms. The Hall–Kier alpha value is -3.42. The molecule has 0 saturated carbocycles. The number of anilines is 1. The number of hydrogen-bond donors (Lipinski definition) is 3. The van der Waals surface area contributed by atoms with Gasteiger partial charge in [-0.2, -0.15) is 5.10 Å². The second-order valence-electron chi connectivity index (χ2n) is 8.76. The van der Waals surface area contributed by atoms with E-state index in [0.29, 0.717) is 36.0 Å². The van der Waals surface area contributed by atoms with E-state index in [0.717, 1.165) is 16.5 Å². The number of benzene rings is 1. The molecule has 3 heterocycles. The van der Waals surface area contributed by atoms with Crippen molar-refractivity contribution in [1.82, 2.24) is 19.7 Å². The third-order valence-corrected chi connectivity index (χ3v) is 6.62. The molecule has 1 fully saturated rings. The lowest BCUT2D eigenvalue weighted by Crippen LogP contribution is -2.40. The second-order valence-corrected chi connectivity index (χ2v) is 9.17. The van der Waals surface area contributed by atoms with Crippen molar-refractivity contribution >= 4 is 34.2 Å². The number of aliphatic hydroxyl groups excluding tert-OH is 1. The molecule has 1 saturated heterocycles. The summed E-state index contributed by atoms with van der Waals surface area (Å²) in [6.07, 6.45) is 3.07. The highest BCUT2D eigenvalue weighted by atomic mass is 35.5. The molecule has 4 rings (SSSR count). The zero-order valence-corrected chi connectivity index (χ0v) is 21.2. The van der Waals surface area contributed by atoms with E-state index in [1.165, 1.54) is 6.08 Å². The Bertz CT molecular complexity index is 1380. The van der Waals surface area contributed by atoms with Crippen LogP contribution in [0.2, 0.25) is 5.02 Å². The van der Waals surface area contributed by atoms with E-state index < -0.39 is 12.1 Å². The van der Waals surface area contributed by atoms with E-state index in [-0.39, 0.29) is 23.3 Å². The van der Waals surface area contributed by atoms with Gasteiger partial charge in [0.2, 0.25) is 0 Å². The Labute approximate surface area is 214 Å². The van der Waals surface area contributed by atoms with E-state index in [4.69, 9.17) is 22.1 Å². The number of hydrogen-bond acceptors (Lipinski definition) is 7. The van der Waals surface area contributed by atoms with Crippen molar-refractivity contribution in [2.24, 2.45) is 5.73 Å². The molecule has 1 aliphatic rings. The Balaban J connectivity index is 1.75. The highest BCUT2D eigenvalue weighted by molar-refractivity contribution is 6.32. The van der Waals surface area contributed by atoms with Crippen molar-refractivity contribution in [3.63, 3.8) is 0 Å². The van der Waals surface area contributed by atoms with E-state index in [2.05, 4.69) is 33.8 Å². The monoisotopic (exact) mass is 508 g/mol. The van der Waals surface area contributed by atoms with Crippen LogP contribution in [-0.2, 0) is 4.74 Å². The SMILES string of the molecule is C=CC(O)N1C[C@@H](n2nc(C#Cc3cc4ncc(C)cc4cc3Cl)c(C(N)=O)c2NC)C[C@@H]1COC. The molecule has 4 N–H and O–H groups in total. The summed E-state index contributed by atoms with van der Waals surface area (Å²) < 4.78 is 7.07. The van der Waals surface area contributed by atoms with Gasteiger partial charge in [0, 0.05) is 43.9 Å². The Morgan fingerprint density at radius 1 is 1.44 bits per heavy atom. The number of nitrogens with zero attached hydrogens (tertiary/aromatic N) is 4. The van der Waals surface area contributed by atoms with Crippen molar-refractivity contribution in [2.75, 3.05) is 32.6 Å². The zero-order valence-electron chi connectivity index (χ0n) is 20.5. The van der Waals surface area contributed by atoms with Crippen LogP contribution in [0.1, 0.15) is 39.6 Å². The number of pyridine rings is 1. The Morgan fingerprint density at radius 2 is 2.22 bits per heavy atom. The number of nitrogens with two attached hydrogens (primary N) is 1. The van der Waals surface area contributed by atoms with Gasteiger partial charge in [-0.3, -0.25) is 14.7 Å². The molecule has 1 amide bonds. The van der Waals surface area contributed by atoms with Crippen LogP contribution in [0.4, 0.5) is 5.82 Å². The Kier molecular flexibility index (Phi) is 7.62. The summed E-state index contributed by atoms with van der Waals surface area (Å²) in [6, 6.07) is 5.42. The molecule has 2 aromatic heterocycles. The van der Waals surface area contributed by atoms with E-state index in [1.54, 1.807) is 25.0 Å². The third kappa shape index (κ3) is 4.94. The van der Waals surface area contributed by atoms with Gasteiger partial charge in [0.1, 0.15) is 17.6 Å². The third-order valence-electron chi connectivity index (χ3n) is 6.31. The molecule has 0 radical (unpaired) electrons. The fraction of sp³-hybridized carbons (Fsp3) is 0.346. The minimum Gasteiger partial charge on any atom is -0.383 e. The molecular weight excluding hydrogens is 480 g/mol. The quantitative estimate of drug-likeness (QED) is 0.331. The fourth-order valence-electron chi connectivity index (χ4n) is 4.65. The normalized spacial score (nSPS) is 18.6. The molecule has 0 bridgehead atoms. The number of aliphatic hydroxyl groups is 1. The number of carbonyl (C=O) groups is 1. The number of aryl methyl sites for hydroxylation is 1. The van der Waals surface area contributed by atoms with Gasteiger partial charge in [-0.05, 0) is 49.1 Å². The first-order chi connectivity index (χ1) is 17.3. The summed E-state index contributed by atoms with van der Waals surface area (Å²) in [5, 5.41) is 19.5. The molecule has 3 aromatic rings. The average Bonchev–Trinajstić information content (AvgIpc) is 3.43. The number of rotatable bonds is 7.